The second kappa shape index (κ2) is 9.33. The first-order chi connectivity index (χ1) is 21.3. The number of furan rings is 1. The lowest BCUT2D eigenvalue weighted by Gasteiger charge is -2.26. The number of pyridine rings is 1. The minimum absolute atomic E-state index is 0.793. The van der Waals surface area contributed by atoms with Crippen LogP contribution in [-0.4, -0.2) is 9.55 Å². The van der Waals surface area contributed by atoms with Gasteiger partial charge in [0, 0.05) is 45.1 Å². The van der Waals surface area contributed by atoms with Crippen LogP contribution in [0.4, 0.5) is 17.1 Å². The highest BCUT2D eigenvalue weighted by atomic mass is 16.3. The normalized spacial score (nSPS) is 11.7. The molecule has 0 aliphatic heterocycles. The molecule has 0 unspecified atom stereocenters. The van der Waals surface area contributed by atoms with E-state index in [0.717, 1.165) is 44.8 Å². The second-order valence-corrected chi connectivity index (χ2v) is 10.9. The van der Waals surface area contributed by atoms with Crippen molar-refractivity contribution in [1.29, 1.82) is 0 Å². The zero-order valence-corrected chi connectivity index (χ0v) is 23.2. The number of benzene rings is 6. The third-order valence-electron chi connectivity index (χ3n) is 8.37. The molecule has 0 fully saturated rings. The zero-order chi connectivity index (χ0) is 28.3. The fourth-order valence-electron chi connectivity index (χ4n) is 6.45. The lowest BCUT2D eigenvalue weighted by atomic mass is 10.1. The predicted octanol–water partition coefficient (Wildman–Crippen LogP) is 10.7. The highest BCUT2D eigenvalue weighted by molar-refractivity contribution is 6.13. The summed E-state index contributed by atoms with van der Waals surface area (Å²) in [5, 5.41) is 5.98. The molecule has 202 valence electrons. The fraction of sp³-hybridized carbons (Fsp3) is 0. The van der Waals surface area contributed by atoms with Gasteiger partial charge in [0.05, 0.1) is 11.0 Å². The van der Waals surface area contributed by atoms with E-state index in [1.54, 1.807) is 0 Å². The van der Waals surface area contributed by atoms with Gasteiger partial charge >= 0.3 is 0 Å². The smallest absolute Gasteiger partial charge is 0.153 e. The van der Waals surface area contributed by atoms with Crippen molar-refractivity contribution in [1.82, 2.24) is 9.55 Å². The van der Waals surface area contributed by atoms with Crippen molar-refractivity contribution in [3.05, 3.63) is 152 Å². The molecule has 0 amide bonds. The molecule has 3 heterocycles. The Morgan fingerprint density at radius 1 is 0.488 bits per heavy atom. The highest BCUT2D eigenvalue weighted by Gasteiger charge is 2.18. The van der Waals surface area contributed by atoms with Crippen LogP contribution < -0.4 is 4.90 Å². The topological polar surface area (TPSA) is 34.2 Å². The summed E-state index contributed by atoms with van der Waals surface area (Å²) in [6.45, 7) is 0. The molecule has 9 rings (SSSR count). The summed E-state index contributed by atoms with van der Waals surface area (Å²) in [4.78, 5) is 6.93. The van der Waals surface area contributed by atoms with Gasteiger partial charge in [-0.15, -0.1) is 0 Å². The summed E-state index contributed by atoms with van der Waals surface area (Å²) in [7, 11) is 0. The van der Waals surface area contributed by atoms with E-state index in [4.69, 9.17) is 4.42 Å². The minimum Gasteiger partial charge on any atom is -0.454 e. The van der Waals surface area contributed by atoms with E-state index in [-0.39, 0.29) is 0 Å². The molecular formula is C39H25N3O. The monoisotopic (exact) mass is 551 g/mol. The Bertz CT molecular complexity index is 2470. The summed E-state index contributed by atoms with van der Waals surface area (Å²) >= 11 is 0. The average molecular weight is 552 g/mol. The predicted molar refractivity (Wildman–Crippen MR) is 178 cm³/mol. The summed E-state index contributed by atoms with van der Waals surface area (Å²) in [5.74, 6) is 0. The summed E-state index contributed by atoms with van der Waals surface area (Å²) < 4.78 is 8.48. The van der Waals surface area contributed by atoms with Crippen LogP contribution in [0.15, 0.2) is 156 Å². The number of aromatic nitrogens is 2. The molecule has 0 spiro atoms. The molecule has 0 aliphatic carbocycles. The largest absolute Gasteiger partial charge is 0.454 e. The Morgan fingerprint density at radius 3 is 2.16 bits per heavy atom. The van der Waals surface area contributed by atoms with E-state index in [0.29, 0.717) is 0 Å². The molecule has 0 bridgehead atoms. The van der Waals surface area contributed by atoms with Gasteiger partial charge in [-0.05, 0) is 89.6 Å². The average Bonchev–Trinajstić information content (AvgIpc) is 3.59. The van der Waals surface area contributed by atoms with Crippen molar-refractivity contribution in [2.75, 3.05) is 4.90 Å². The Balaban J connectivity index is 1.28. The molecule has 0 radical (unpaired) electrons. The van der Waals surface area contributed by atoms with Crippen LogP contribution in [0.1, 0.15) is 0 Å². The van der Waals surface area contributed by atoms with Crippen molar-refractivity contribution < 1.29 is 4.42 Å². The van der Waals surface area contributed by atoms with Gasteiger partial charge in [0.15, 0.2) is 5.58 Å². The maximum Gasteiger partial charge on any atom is 0.153 e. The molecule has 3 aromatic heterocycles. The van der Waals surface area contributed by atoms with Gasteiger partial charge in [0.2, 0.25) is 0 Å². The van der Waals surface area contributed by atoms with Crippen LogP contribution in [0.2, 0.25) is 0 Å². The molecule has 0 N–H and O–H groups in total. The summed E-state index contributed by atoms with van der Waals surface area (Å²) in [6, 6.07) is 51.5. The molecular weight excluding hydrogens is 526 g/mol. The van der Waals surface area contributed by atoms with Crippen LogP contribution in [0.3, 0.4) is 0 Å². The van der Waals surface area contributed by atoms with E-state index < -0.39 is 0 Å². The molecule has 43 heavy (non-hydrogen) atoms. The number of anilines is 3. The number of rotatable bonds is 4. The van der Waals surface area contributed by atoms with Crippen molar-refractivity contribution in [2.45, 2.75) is 0 Å². The van der Waals surface area contributed by atoms with Gasteiger partial charge < -0.3 is 13.9 Å². The standard InChI is InChI=1S/C39H25N3O/c1-2-12-28(13-3-1)41(31-19-20-37-34(25-31)39-38(43-37)18-9-21-40-39)29-14-8-15-30(24-29)42-35-17-7-6-16-32(35)33-22-26-10-4-5-11-27(26)23-36(33)42/h1-25H. The first kappa shape index (κ1) is 23.8. The second-order valence-electron chi connectivity index (χ2n) is 10.9. The number of fused-ring (bicyclic) bond motifs is 7. The summed E-state index contributed by atoms with van der Waals surface area (Å²) in [5.41, 5.74) is 9.17. The molecule has 4 nitrogen and oxygen atoms in total. The molecule has 6 aromatic carbocycles. The maximum atomic E-state index is 6.09. The molecule has 0 saturated heterocycles. The van der Waals surface area contributed by atoms with Crippen LogP contribution in [0, 0.1) is 0 Å². The summed E-state index contributed by atoms with van der Waals surface area (Å²) in [6.07, 6.45) is 1.82. The minimum atomic E-state index is 0.793. The van der Waals surface area contributed by atoms with Crippen molar-refractivity contribution in [2.24, 2.45) is 0 Å². The number of hydrogen-bond acceptors (Lipinski definition) is 3. The number of hydrogen-bond donors (Lipinski definition) is 0. The lowest BCUT2D eigenvalue weighted by molar-refractivity contribution is 0.668. The van der Waals surface area contributed by atoms with E-state index in [1.165, 1.54) is 32.6 Å². The van der Waals surface area contributed by atoms with E-state index in [2.05, 4.69) is 142 Å². The van der Waals surface area contributed by atoms with Gasteiger partial charge in [-0.3, -0.25) is 4.98 Å². The van der Waals surface area contributed by atoms with Gasteiger partial charge in [-0.1, -0.05) is 66.7 Å². The first-order valence-electron chi connectivity index (χ1n) is 14.5. The molecule has 0 aliphatic rings. The van der Waals surface area contributed by atoms with Crippen LogP contribution in [-0.2, 0) is 0 Å². The van der Waals surface area contributed by atoms with Crippen molar-refractivity contribution in [3.63, 3.8) is 0 Å². The Morgan fingerprint density at radius 2 is 1.26 bits per heavy atom. The Labute approximate surface area is 247 Å². The fourth-order valence-corrected chi connectivity index (χ4v) is 6.45. The van der Waals surface area contributed by atoms with Crippen LogP contribution >= 0.6 is 0 Å². The zero-order valence-electron chi connectivity index (χ0n) is 23.2. The van der Waals surface area contributed by atoms with Crippen LogP contribution in [0.25, 0.3) is 60.3 Å². The van der Waals surface area contributed by atoms with E-state index >= 15 is 0 Å². The maximum absolute atomic E-state index is 6.09. The Kier molecular flexibility index (Phi) is 5.16. The van der Waals surface area contributed by atoms with Gasteiger partial charge in [0.1, 0.15) is 11.1 Å². The third-order valence-corrected chi connectivity index (χ3v) is 8.37. The Hall–Kier alpha value is -5.87. The van der Waals surface area contributed by atoms with Crippen molar-refractivity contribution in [3.8, 4) is 5.69 Å². The highest BCUT2D eigenvalue weighted by Crippen LogP contribution is 2.40. The quantitative estimate of drug-likeness (QED) is 0.218. The van der Waals surface area contributed by atoms with Gasteiger partial charge in [0.25, 0.3) is 0 Å². The van der Waals surface area contributed by atoms with Crippen molar-refractivity contribution >= 4 is 71.7 Å². The molecule has 4 heteroatoms. The SMILES string of the molecule is c1ccc(N(c2cccc(-n3c4ccccc4c4cc5ccccc5cc43)c2)c2ccc3oc4cccnc4c3c2)cc1. The molecule has 9 aromatic rings. The van der Waals surface area contributed by atoms with Crippen LogP contribution in [0.5, 0.6) is 0 Å². The van der Waals surface area contributed by atoms with Gasteiger partial charge in [-0.2, -0.15) is 0 Å². The molecule has 0 atom stereocenters. The molecule has 0 saturated carbocycles. The van der Waals surface area contributed by atoms with E-state index in [9.17, 15) is 0 Å². The number of para-hydroxylation sites is 2. The third kappa shape index (κ3) is 3.74. The lowest BCUT2D eigenvalue weighted by Crippen LogP contribution is -2.10. The van der Waals surface area contributed by atoms with E-state index in [1.807, 2.05) is 24.4 Å². The van der Waals surface area contributed by atoms with Gasteiger partial charge in [-0.25, -0.2) is 0 Å². The number of nitrogens with zero attached hydrogens (tertiary/aromatic N) is 3. The first-order valence-corrected chi connectivity index (χ1v) is 14.5.